The third-order valence-corrected chi connectivity index (χ3v) is 5.06. The minimum Gasteiger partial charge on any atom is -0.497 e. The van der Waals surface area contributed by atoms with Gasteiger partial charge in [0.1, 0.15) is 18.0 Å². The van der Waals surface area contributed by atoms with Gasteiger partial charge in [-0.2, -0.15) is 0 Å². The van der Waals surface area contributed by atoms with E-state index >= 15 is 0 Å². The molecule has 7 heteroatoms. The van der Waals surface area contributed by atoms with Crippen molar-refractivity contribution in [2.45, 2.75) is 59.0 Å². The Morgan fingerprint density at radius 1 is 0.931 bits per heavy atom. The Kier molecular flexibility index (Phi) is 8.08. The molecule has 3 aliphatic heterocycles. The van der Waals surface area contributed by atoms with Gasteiger partial charge in [0.25, 0.3) is 5.91 Å². The summed E-state index contributed by atoms with van der Waals surface area (Å²) in [5.41, 5.74) is 1.53. The first-order valence-electron chi connectivity index (χ1n) is 10.4. The molecule has 0 spiro atoms. The van der Waals surface area contributed by atoms with E-state index in [0.717, 1.165) is 25.0 Å². The largest absolute Gasteiger partial charge is 0.497 e. The van der Waals surface area contributed by atoms with Crippen molar-refractivity contribution in [1.82, 2.24) is 10.2 Å². The SMILES string of the molecule is CC.CC.COc1cc(OC)cc(N2C=C3C4CCCC(N4)C(=O)N3CC2=O)c1. The van der Waals surface area contributed by atoms with Crippen LogP contribution in [0.15, 0.2) is 30.1 Å². The van der Waals surface area contributed by atoms with Gasteiger partial charge in [-0.15, -0.1) is 0 Å². The molecule has 4 rings (SSSR count). The molecule has 0 radical (unpaired) electrons. The zero-order valence-electron chi connectivity index (χ0n) is 18.3. The molecule has 2 unspecified atom stereocenters. The number of amides is 2. The van der Waals surface area contributed by atoms with Gasteiger partial charge in [-0.25, -0.2) is 0 Å². The number of rotatable bonds is 3. The highest BCUT2D eigenvalue weighted by Gasteiger charge is 2.43. The molecule has 1 aromatic rings. The van der Waals surface area contributed by atoms with E-state index in [4.69, 9.17) is 9.47 Å². The summed E-state index contributed by atoms with van der Waals surface area (Å²) in [5.74, 6) is 1.07. The minimum absolute atomic E-state index is 0.00146. The molecule has 2 atom stereocenters. The Morgan fingerprint density at radius 3 is 2.10 bits per heavy atom. The van der Waals surface area contributed by atoms with E-state index in [9.17, 15) is 9.59 Å². The second-order valence-corrected chi connectivity index (χ2v) is 6.52. The maximum atomic E-state index is 12.7. The van der Waals surface area contributed by atoms with E-state index in [1.807, 2.05) is 27.7 Å². The average molecular weight is 404 g/mol. The van der Waals surface area contributed by atoms with Crippen LogP contribution in [0.2, 0.25) is 0 Å². The zero-order chi connectivity index (χ0) is 21.6. The molecule has 1 aromatic carbocycles. The van der Waals surface area contributed by atoms with Crippen LogP contribution in [0.5, 0.6) is 11.5 Å². The molecule has 160 valence electrons. The minimum atomic E-state index is -0.160. The lowest BCUT2D eigenvalue weighted by atomic mass is 9.90. The highest BCUT2D eigenvalue weighted by atomic mass is 16.5. The lowest BCUT2D eigenvalue weighted by molar-refractivity contribution is -0.139. The number of methoxy groups -OCH3 is 2. The number of carbonyl (C=O) groups is 2. The quantitative estimate of drug-likeness (QED) is 0.839. The number of piperazine rings is 1. The third kappa shape index (κ3) is 4.56. The highest BCUT2D eigenvalue weighted by Crippen LogP contribution is 2.34. The molecular formula is C22H33N3O4. The van der Waals surface area contributed by atoms with Crippen molar-refractivity contribution in [3.05, 3.63) is 30.1 Å². The molecule has 3 heterocycles. The van der Waals surface area contributed by atoms with Crippen LogP contribution in [0.25, 0.3) is 0 Å². The van der Waals surface area contributed by atoms with Gasteiger partial charge in [0.05, 0.1) is 31.6 Å². The Hall–Kier alpha value is -2.54. The average Bonchev–Trinajstić information content (AvgIpc) is 2.80. The van der Waals surface area contributed by atoms with E-state index in [0.29, 0.717) is 17.2 Å². The molecule has 0 saturated carbocycles. The molecule has 2 bridgehead atoms. The van der Waals surface area contributed by atoms with Gasteiger partial charge in [-0.3, -0.25) is 19.8 Å². The molecule has 0 aromatic heterocycles. The topological polar surface area (TPSA) is 71.1 Å². The standard InChI is InChI=1S/C18H21N3O4.2C2H6/c1-24-12-6-11(7-13(8-12)25-2)20-9-16-14-4-3-5-15(19-14)18(23)21(16)10-17(20)22;2*1-2/h6-9,14-15,19H,3-5,10H2,1-2H3;2*1-2H3. The normalized spacial score (nSPS) is 22.3. The predicted octanol–water partition coefficient (Wildman–Crippen LogP) is 3.30. The van der Waals surface area contributed by atoms with Crippen LogP contribution in [0.4, 0.5) is 5.69 Å². The number of piperidine rings is 1. The van der Waals surface area contributed by atoms with Crippen LogP contribution in [0.1, 0.15) is 47.0 Å². The first-order chi connectivity index (χ1) is 14.1. The summed E-state index contributed by atoms with van der Waals surface area (Å²) in [6.45, 7) is 8.07. The second kappa shape index (κ2) is 10.3. The van der Waals surface area contributed by atoms with E-state index in [2.05, 4.69) is 5.32 Å². The monoisotopic (exact) mass is 403 g/mol. The summed E-state index contributed by atoms with van der Waals surface area (Å²) in [6.07, 6.45) is 4.59. The lowest BCUT2D eigenvalue weighted by Crippen LogP contribution is -2.63. The van der Waals surface area contributed by atoms with Gasteiger partial charge in [0.15, 0.2) is 0 Å². The van der Waals surface area contributed by atoms with Crippen molar-refractivity contribution < 1.29 is 19.1 Å². The second-order valence-electron chi connectivity index (χ2n) is 6.52. The third-order valence-electron chi connectivity index (χ3n) is 5.06. The fraction of sp³-hybridized carbons (Fsp3) is 0.545. The number of ether oxygens (including phenoxy) is 2. The molecule has 7 nitrogen and oxygen atoms in total. The van der Waals surface area contributed by atoms with E-state index in [1.165, 1.54) is 0 Å². The Balaban J connectivity index is 0.000000707. The molecule has 3 aliphatic rings. The van der Waals surface area contributed by atoms with Crippen LogP contribution >= 0.6 is 0 Å². The van der Waals surface area contributed by atoms with Gasteiger partial charge in [0, 0.05) is 30.4 Å². The maximum absolute atomic E-state index is 12.7. The number of nitrogens with zero attached hydrogens (tertiary/aromatic N) is 2. The fourth-order valence-electron chi connectivity index (χ4n) is 3.76. The summed E-state index contributed by atoms with van der Waals surface area (Å²) in [6, 6.07) is 5.28. The van der Waals surface area contributed by atoms with Crippen molar-refractivity contribution in [2.75, 3.05) is 25.7 Å². The molecule has 2 amide bonds. The first-order valence-corrected chi connectivity index (χ1v) is 10.4. The van der Waals surface area contributed by atoms with Crippen LogP contribution in [-0.2, 0) is 9.59 Å². The van der Waals surface area contributed by atoms with Crippen LogP contribution in [-0.4, -0.2) is 49.6 Å². The number of anilines is 1. The first kappa shape index (κ1) is 22.7. The summed E-state index contributed by atoms with van der Waals surface area (Å²) in [7, 11) is 3.14. The van der Waals surface area contributed by atoms with Gasteiger partial charge in [-0.1, -0.05) is 27.7 Å². The van der Waals surface area contributed by atoms with Crippen LogP contribution in [0, 0.1) is 0 Å². The summed E-state index contributed by atoms with van der Waals surface area (Å²) in [4.78, 5) is 28.5. The van der Waals surface area contributed by atoms with Gasteiger partial charge < -0.3 is 14.4 Å². The van der Waals surface area contributed by atoms with Crippen molar-refractivity contribution in [1.29, 1.82) is 0 Å². The van der Waals surface area contributed by atoms with Crippen molar-refractivity contribution in [3.63, 3.8) is 0 Å². The van der Waals surface area contributed by atoms with E-state index in [1.54, 1.807) is 48.4 Å². The van der Waals surface area contributed by atoms with Crippen molar-refractivity contribution >= 4 is 17.5 Å². The van der Waals surface area contributed by atoms with Gasteiger partial charge >= 0.3 is 0 Å². The number of fused-ring (bicyclic) bond motifs is 4. The Bertz CT molecular complexity index is 740. The zero-order valence-corrected chi connectivity index (χ0v) is 18.3. The maximum Gasteiger partial charge on any atom is 0.251 e. The number of nitrogens with one attached hydrogen (secondary N) is 1. The highest BCUT2D eigenvalue weighted by molar-refractivity contribution is 6.01. The van der Waals surface area contributed by atoms with Crippen molar-refractivity contribution in [2.24, 2.45) is 0 Å². The molecule has 2 fully saturated rings. The number of hydrogen-bond acceptors (Lipinski definition) is 5. The Morgan fingerprint density at radius 2 is 1.52 bits per heavy atom. The van der Waals surface area contributed by atoms with Gasteiger partial charge in [-0.05, 0) is 19.3 Å². The number of benzene rings is 1. The van der Waals surface area contributed by atoms with E-state index in [-0.39, 0.29) is 30.4 Å². The predicted molar refractivity (Wildman–Crippen MR) is 114 cm³/mol. The number of hydrogen-bond donors (Lipinski definition) is 1. The summed E-state index contributed by atoms with van der Waals surface area (Å²) in [5, 5.41) is 3.39. The molecule has 29 heavy (non-hydrogen) atoms. The lowest BCUT2D eigenvalue weighted by Gasteiger charge is -2.46. The van der Waals surface area contributed by atoms with Gasteiger partial charge in [0.2, 0.25) is 5.91 Å². The molecule has 2 saturated heterocycles. The molecule has 1 N–H and O–H groups in total. The molecule has 0 aliphatic carbocycles. The fourth-order valence-corrected chi connectivity index (χ4v) is 3.76. The smallest absolute Gasteiger partial charge is 0.251 e. The van der Waals surface area contributed by atoms with Crippen molar-refractivity contribution in [3.8, 4) is 11.5 Å². The van der Waals surface area contributed by atoms with Crippen LogP contribution < -0.4 is 19.7 Å². The summed E-state index contributed by atoms with van der Waals surface area (Å²) >= 11 is 0. The Labute approximate surface area is 173 Å². The summed E-state index contributed by atoms with van der Waals surface area (Å²) < 4.78 is 10.6. The molecular weight excluding hydrogens is 370 g/mol. The van der Waals surface area contributed by atoms with E-state index < -0.39 is 0 Å². The van der Waals surface area contributed by atoms with Crippen LogP contribution in [0.3, 0.4) is 0 Å². The number of carbonyl (C=O) groups excluding carboxylic acids is 2.